The molecule has 4 heteroatoms. The Bertz CT molecular complexity index is 427. The molecule has 104 valence electrons. The zero-order chi connectivity index (χ0) is 14.7. The van der Waals surface area contributed by atoms with Crippen molar-refractivity contribution in [2.45, 2.75) is 13.8 Å². The molecule has 0 saturated carbocycles. The zero-order valence-corrected chi connectivity index (χ0v) is 11.7. The third-order valence-electron chi connectivity index (χ3n) is 2.32. The summed E-state index contributed by atoms with van der Waals surface area (Å²) in [6.45, 7) is 4.35. The van der Waals surface area contributed by atoms with Gasteiger partial charge in [-0.3, -0.25) is 9.59 Å². The minimum Gasteiger partial charge on any atom is -0.392 e. The van der Waals surface area contributed by atoms with Gasteiger partial charge in [-0.05, 0) is 6.07 Å². The van der Waals surface area contributed by atoms with E-state index in [4.69, 9.17) is 5.11 Å². The van der Waals surface area contributed by atoms with Crippen LogP contribution in [0, 0.1) is 0 Å². The number of rotatable bonds is 5. The Labute approximate surface area is 114 Å². The van der Waals surface area contributed by atoms with E-state index in [1.54, 1.807) is 43.5 Å². The summed E-state index contributed by atoms with van der Waals surface area (Å²) in [7, 11) is 1.64. The average Bonchev–Trinajstić information content (AvgIpc) is 2.48. The topological polar surface area (TPSA) is 57.6 Å². The maximum atomic E-state index is 12.0. The second-order valence-corrected chi connectivity index (χ2v) is 3.54. The molecule has 0 radical (unpaired) electrons. The Morgan fingerprint density at radius 1 is 1.26 bits per heavy atom. The number of carbonyl (C=O) groups excluding carboxylic acids is 2. The van der Waals surface area contributed by atoms with Crippen LogP contribution in [0.2, 0.25) is 0 Å². The van der Waals surface area contributed by atoms with E-state index in [2.05, 4.69) is 0 Å². The van der Waals surface area contributed by atoms with Crippen molar-refractivity contribution in [1.29, 1.82) is 0 Å². The highest BCUT2D eigenvalue weighted by molar-refractivity contribution is 6.01. The second kappa shape index (κ2) is 10.0. The molecule has 1 amide bonds. The summed E-state index contributed by atoms with van der Waals surface area (Å²) in [6.07, 6.45) is 3.93. The Morgan fingerprint density at radius 2 is 1.89 bits per heavy atom. The number of aliphatic hydroxyl groups excluding tert-OH is 1. The molecule has 1 aromatic rings. The van der Waals surface area contributed by atoms with Crippen molar-refractivity contribution in [3.8, 4) is 0 Å². The van der Waals surface area contributed by atoms with E-state index in [1.807, 2.05) is 13.8 Å². The van der Waals surface area contributed by atoms with E-state index >= 15 is 0 Å². The fourth-order valence-corrected chi connectivity index (χ4v) is 1.39. The molecule has 1 rings (SSSR count). The maximum Gasteiger partial charge on any atom is 0.254 e. The first kappa shape index (κ1) is 17.1. The first-order valence-electron chi connectivity index (χ1n) is 6.26. The maximum absolute atomic E-state index is 12.0. The lowest BCUT2D eigenvalue weighted by Crippen LogP contribution is -2.27. The number of hydrogen-bond donors (Lipinski definition) is 1. The van der Waals surface area contributed by atoms with Crippen molar-refractivity contribution in [1.82, 2.24) is 4.90 Å². The van der Waals surface area contributed by atoms with Gasteiger partial charge in [-0.15, -0.1) is 0 Å². The van der Waals surface area contributed by atoms with Gasteiger partial charge in [0.2, 0.25) is 0 Å². The molecule has 0 aliphatic rings. The van der Waals surface area contributed by atoms with E-state index in [-0.39, 0.29) is 12.5 Å². The van der Waals surface area contributed by atoms with Gasteiger partial charge in [0.1, 0.15) is 0 Å². The highest BCUT2D eigenvalue weighted by Gasteiger charge is 2.13. The predicted octanol–water partition coefficient (Wildman–Crippen LogP) is 2.15. The van der Waals surface area contributed by atoms with E-state index in [0.29, 0.717) is 24.0 Å². The number of hydrogen-bond acceptors (Lipinski definition) is 3. The van der Waals surface area contributed by atoms with Crippen LogP contribution in [-0.2, 0) is 0 Å². The summed E-state index contributed by atoms with van der Waals surface area (Å²) in [4.78, 5) is 24.3. The third-order valence-corrected chi connectivity index (χ3v) is 2.32. The number of carbonyl (C=O) groups is 2. The monoisotopic (exact) mass is 263 g/mol. The lowest BCUT2D eigenvalue weighted by atomic mass is 10.1. The van der Waals surface area contributed by atoms with Gasteiger partial charge in [-0.25, -0.2) is 0 Å². The Hall–Kier alpha value is -1.94. The van der Waals surface area contributed by atoms with Crippen LogP contribution in [0.25, 0.3) is 0 Å². The smallest absolute Gasteiger partial charge is 0.254 e. The summed E-state index contributed by atoms with van der Waals surface area (Å²) >= 11 is 0. The van der Waals surface area contributed by atoms with Crippen LogP contribution in [0.4, 0.5) is 0 Å². The normalized spacial score (nSPS) is 9.68. The minimum atomic E-state index is -0.213. The molecular formula is C15H21NO3. The highest BCUT2D eigenvalue weighted by Crippen LogP contribution is 2.08. The van der Waals surface area contributed by atoms with Crippen molar-refractivity contribution in [2.24, 2.45) is 0 Å². The predicted molar refractivity (Wildman–Crippen MR) is 76.4 cm³/mol. The molecule has 0 heterocycles. The number of benzene rings is 1. The first-order chi connectivity index (χ1) is 9.20. The summed E-state index contributed by atoms with van der Waals surface area (Å²) in [5.41, 5.74) is 0.776. The van der Waals surface area contributed by atoms with Crippen LogP contribution >= 0.6 is 0 Å². The molecule has 0 spiro atoms. The van der Waals surface area contributed by atoms with Crippen molar-refractivity contribution < 1.29 is 14.7 Å². The Balaban J connectivity index is 0.00000154. The number of likely N-dealkylation sites (N-methyl/N-ethyl adjacent to an activating group) is 1. The van der Waals surface area contributed by atoms with Crippen LogP contribution in [0.1, 0.15) is 34.6 Å². The second-order valence-electron chi connectivity index (χ2n) is 3.54. The lowest BCUT2D eigenvalue weighted by molar-refractivity contribution is 0.0806. The van der Waals surface area contributed by atoms with E-state index in [1.165, 1.54) is 4.90 Å². The number of aliphatic hydroxyl groups is 1. The summed E-state index contributed by atoms with van der Waals surface area (Å²) in [5, 5.41) is 8.58. The molecule has 1 aromatic carbocycles. The molecule has 0 aromatic heterocycles. The average molecular weight is 263 g/mol. The van der Waals surface area contributed by atoms with Crippen LogP contribution in [0.3, 0.4) is 0 Å². The zero-order valence-electron chi connectivity index (χ0n) is 11.7. The number of amides is 1. The summed E-state index contributed by atoms with van der Waals surface area (Å²) in [6, 6.07) is 6.67. The van der Waals surface area contributed by atoms with Gasteiger partial charge in [0, 0.05) is 19.2 Å². The lowest BCUT2D eigenvalue weighted by Gasteiger charge is -2.15. The fourth-order valence-electron chi connectivity index (χ4n) is 1.39. The molecule has 0 aliphatic heterocycles. The molecular weight excluding hydrogens is 242 g/mol. The molecule has 0 fully saturated rings. The first-order valence-corrected chi connectivity index (χ1v) is 6.26. The molecule has 19 heavy (non-hydrogen) atoms. The molecule has 0 atom stereocenters. The molecule has 0 bridgehead atoms. The molecule has 0 aliphatic carbocycles. The largest absolute Gasteiger partial charge is 0.392 e. The highest BCUT2D eigenvalue weighted by atomic mass is 16.2. The fraction of sp³-hybridized carbons (Fsp3) is 0.333. The summed E-state index contributed by atoms with van der Waals surface area (Å²) in [5.74, 6) is -0.213. The third kappa shape index (κ3) is 5.48. The van der Waals surface area contributed by atoms with Gasteiger partial charge < -0.3 is 10.0 Å². The number of nitrogens with zero attached hydrogens (tertiary/aromatic N) is 1. The molecule has 0 unspecified atom stereocenters. The van der Waals surface area contributed by atoms with Crippen LogP contribution < -0.4 is 0 Å². The van der Waals surface area contributed by atoms with Gasteiger partial charge >= 0.3 is 0 Å². The molecule has 0 saturated heterocycles. The standard InChI is InChI=1S/C13H15NO3.C2H6/c1-14(8-4-5-9-15)13(17)12-7-3-2-6-11(12)10-16;1-2/h2-7,10,15H,8-9H2,1H3;1-2H3/b5-4+;. The minimum absolute atomic E-state index is 0.0487. The Kier molecular flexibility index (Phi) is 9.00. The van der Waals surface area contributed by atoms with Crippen LogP contribution in [0.5, 0.6) is 0 Å². The van der Waals surface area contributed by atoms with Crippen molar-refractivity contribution in [2.75, 3.05) is 20.2 Å². The van der Waals surface area contributed by atoms with E-state index < -0.39 is 0 Å². The van der Waals surface area contributed by atoms with Crippen LogP contribution in [0.15, 0.2) is 36.4 Å². The summed E-state index contributed by atoms with van der Waals surface area (Å²) < 4.78 is 0. The van der Waals surface area contributed by atoms with Crippen molar-refractivity contribution in [3.63, 3.8) is 0 Å². The van der Waals surface area contributed by atoms with E-state index in [0.717, 1.165) is 0 Å². The van der Waals surface area contributed by atoms with Gasteiger partial charge in [-0.1, -0.05) is 44.2 Å². The molecule has 4 nitrogen and oxygen atoms in total. The molecule has 1 N–H and O–H groups in total. The van der Waals surface area contributed by atoms with Crippen molar-refractivity contribution >= 4 is 12.2 Å². The van der Waals surface area contributed by atoms with Gasteiger partial charge in [-0.2, -0.15) is 0 Å². The van der Waals surface area contributed by atoms with Gasteiger partial charge in [0.15, 0.2) is 6.29 Å². The van der Waals surface area contributed by atoms with Gasteiger partial charge in [0.25, 0.3) is 5.91 Å². The number of aldehydes is 1. The quantitative estimate of drug-likeness (QED) is 0.654. The SMILES string of the molecule is CC.CN(C/C=C/CO)C(=O)c1ccccc1C=O. The van der Waals surface area contributed by atoms with E-state index in [9.17, 15) is 9.59 Å². The van der Waals surface area contributed by atoms with Crippen molar-refractivity contribution in [3.05, 3.63) is 47.5 Å². The van der Waals surface area contributed by atoms with Crippen LogP contribution in [-0.4, -0.2) is 42.4 Å². The van der Waals surface area contributed by atoms with Gasteiger partial charge in [0.05, 0.1) is 12.2 Å². The Morgan fingerprint density at radius 3 is 2.47 bits per heavy atom.